The Morgan fingerprint density at radius 3 is 2.16 bits per heavy atom. The van der Waals surface area contributed by atoms with Gasteiger partial charge in [-0.05, 0) is 91.8 Å². The molecule has 0 aliphatic heterocycles. The second-order valence-electron chi connectivity index (χ2n) is 11.0. The number of amides is 1. The van der Waals surface area contributed by atoms with Crippen molar-refractivity contribution in [2.45, 2.75) is 38.5 Å². The first-order valence-corrected chi connectivity index (χ1v) is 14.6. The van der Waals surface area contributed by atoms with E-state index in [2.05, 4.69) is 47.2 Å². The van der Waals surface area contributed by atoms with Gasteiger partial charge in [0, 0.05) is 34.7 Å². The zero-order valence-corrected chi connectivity index (χ0v) is 26.8. The van der Waals surface area contributed by atoms with E-state index in [0.717, 1.165) is 43.5 Å². The molecule has 44 heavy (non-hydrogen) atoms. The molecule has 236 valence electrons. The van der Waals surface area contributed by atoms with Gasteiger partial charge in [-0.25, -0.2) is 0 Å². The number of benzene rings is 3. The van der Waals surface area contributed by atoms with Crippen LogP contribution in [-0.4, -0.2) is 65.9 Å². The van der Waals surface area contributed by atoms with Gasteiger partial charge in [-0.15, -0.1) is 0 Å². The van der Waals surface area contributed by atoms with Gasteiger partial charge in [-0.2, -0.15) is 0 Å². The summed E-state index contributed by atoms with van der Waals surface area (Å²) in [6.45, 7) is 6.29. The van der Waals surface area contributed by atoms with Crippen molar-refractivity contribution in [2.24, 2.45) is 11.0 Å². The van der Waals surface area contributed by atoms with Gasteiger partial charge in [0.25, 0.3) is 5.91 Å². The first-order chi connectivity index (χ1) is 22.0. The maximum atomic E-state index is 13.4. The minimum atomic E-state index is -0.474. The fraction of sp³-hybridized carbons (Fsp3) is 0.441. The van der Waals surface area contributed by atoms with E-state index in [1.807, 2.05) is 30.3 Å². The first kappa shape index (κ1) is 31.0. The van der Waals surface area contributed by atoms with Gasteiger partial charge in [0.1, 0.15) is 0 Å². The maximum Gasteiger partial charge on any atom is 0.251 e. The predicted octanol–water partition coefficient (Wildman–Crippen LogP) is 6.94. The molecule has 3 rings (SSSR count). The van der Waals surface area contributed by atoms with Crippen LogP contribution < -0.4 is 24.3 Å². The third-order valence-corrected chi connectivity index (χ3v) is 8.16. The number of nitrogens with zero attached hydrogens (tertiary/aromatic N) is 4. The van der Waals surface area contributed by atoms with Gasteiger partial charge in [-0.3, -0.25) is 4.79 Å². The van der Waals surface area contributed by atoms with Gasteiger partial charge in [0.2, 0.25) is 0 Å². The summed E-state index contributed by atoms with van der Waals surface area (Å²) >= 11 is 0. The van der Waals surface area contributed by atoms with Crippen LogP contribution in [0.15, 0.2) is 65.7 Å². The molecular weight excluding hydrogens is 558 g/mol. The Morgan fingerprint density at radius 1 is 0.955 bits per heavy atom. The Labute approximate surface area is 263 Å². The number of hydrogen-bond donors (Lipinski definition) is 1. The van der Waals surface area contributed by atoms with E-state index in [1.54, 1.807) is 28.4 Å². The molecule has 3 aromatic rings. The molecule has 10 nitrogen and oxygen atoms in total. The number of ether oxygens (including phenoxy) is 4. The quantitative estimate of drug-likeness (QED) is 0.101. The number of rotatable bonds is 17. The lowest BCUT2D eigenvalue weighted by Crippen LogP contribution is -2.45. The van der Waals surface area contributed by atoms with Crippen molar-refractivity contribution in [3.05, 3.63) is 87.7 Å². The summed E-state index contributed by atoms with van der Waals surface area (Å²) in [7, 11) is 8.56. The standard InChI is InChI=1S/C34H45N5O5/c1-24(2)34(27-12-16-30(42-5)32(22-27)44-7,23-36-33(40)26-10-13-28(14-11-26)37-38-35)18-8-19-39(3)20-17-25-9-15-29(41-4)31(21-25)43-6/h9-16,21-22,24H,8,17-20,23H2,1-7H3,(H,36,40)/i13T,14T. The van der Waals surface area contributed by atoms with Crippen LogP contribution in [0.2, 0.25) is 0 Å². The summed E-state index contributed by atoms with van der Waals surface area (Å²) in [5.74, 6) is 2.35. The minimum Gasteiger partial charge on any atom is -0.493 e. The van der Waals surface area contributed by atoms with E-state index in [9.17, 15) is 4.79 Å². The van der Waals surface area contributed by atoms with Crippen LogP contribution in [0.25, 0.3) is 10.4 Å². The number of carbonyl (C=O) groups excluding carboxylic acids is 1. The third-order valence-electron chi connectivity index (χ3n) is 8.16. The van der Waals surface area contributed by atoms with Crippen molar-refractivity contribution < 1.29 is 26.5 Å². The summed E-state index contributed by atoms with van der Waals surface area (Å²) in [6, 6.07) is 14.1. The molecule has 0 bridgehead atoms. The van der Waals surface area contributed by atoms with Crippen LogP contribution in [0.4, 0.5) is 5.69 Å². The first-order valence-electron chi connectivity index (χ1n) is 15.6. The molecule has 0 saturated heterocycles. The van der Waals surface area contributed by atoms with Crippen LogP contribution in [0.5, 0.6) is 23.0 Å². The maximum absolute atomic E-state index is 13.4. The van der Waals surface area contributed by atoms with Crippen molar-refractivity contribution >= 4 is 11.6 Å². The van der Waals surface area contributed by atoms with Gasteiger partial charge in [-0.1, -0.05) is 43.2 Å². The summed E-state index contributed by atoms with van der Waals surface area (Å²) in [6.07, 6.45) is 2.48. The fourth-order valence-electron chi connectivity index (χ4n) is 5.39. The third kappa shape index (κ3) is 8.58. The number of carbonyl (C=O) groups is 1. The molecule has 0 heterocycles. The smallest absolute Gasteiger partial charge is 0.251 e. The Hall–Kier alpha value is -4.40. The molecule has 1 atom stereocenters. The highest BCUT2D eigenvalue weighted by Gasteiger charge is 2.36. The molecular formula is C34H45N5O5. The fourth-order valence-corrected chi connectivity index (χ4v) is 5.39. The van der Waals surface area contributed by atoms with E-state index >= 15 is 0 Å². The van der Waals surface area contributed by atoms with Gasteiger partial charge in [0.05, 0.1) is 31.2 Å². The van der Waals surface area contributed by atoms with E-state index in [-0.39, 0.29) is 29.3 Å². The zero-order chi connectivity index (χ0) is 33.9. The van der Waals surface area contributed by atoms with Crippen LogP contribution in [0.1, 0.15) is 50.9 Å². The van der Waals surface area contributed by atoms with E-state index < -0.39 is 11.3 Å². The Kier molecular flexibility index (Phi) is 11.6. The normalized spacial score (nSPS) is 12.9. The summed E-state index contributed by atoms with van der Waals surface area (Å²) in [5, 5.41) is 6.49. The minimum absolute atomic E-state index is 0.115. The lowest BCUT2D eigenvalue weighted by atomic mass is 9.68. The SMILES string of the molecule is [3H]c1cc(C(=O)NCC(CCCN(C)CCc2ccc(OC)c(OC)c2)(c2ccc(OC)c(OC)c2)C(C)C)cc([3H])c1N=[N+]=[N-]. The number of azide groups is 1. The van der Waals surface area contributed by atoms with Crippen LogP contribution in [-0.2, 0) is 11.8 Å². The second-order valence-corrected chi connectivity index (χ2v) is 11.0. The largest absolute Gasteiger partial charge is 0.493 e. The molecule has 0 saturated carbocycles. The number of methoxy groups -OCH3 is 4. The van der Waals surface area contributed by atoms with Crippen molar-refractivity contribution in [3.63, 3.8) is 0 Å². The van der Waals surface area contributed by atoms with Crippen LogP contribution in [0.3, 0.4) is 0 Å². The number of likely N-dealkylation sites (N-methyl/N-ethyl adjacent to an activating group) is 1. The predicted molar refractivity (Wildman–Crippen MR) is 174 cm³/mol. The second kappa shape index (κ2) is 16.4. The molecule has 0 aliphatic carbocycles. The number of nitrogens with one attached hydrogen (secondary N) is 1. The molecule has 1 unspecified atom stereocenters. The molecule has 0 fully saturated rings. The summed E-state index contributed by atoms with van der Waals surface area (Å²) in [4.78, 5) is 18.4. The van der Waals surface area contributed by atoms with Gasteiger partial charge in [0.15, 0.2) is 23.0 Å². The molecule has 1 N–H and O–H groups in total. The lowest BCUT2D eigenvalue weighted by molar-refractivity contribution is 0.0932. The molecule has 10 heteroatoms. The van der Waals surface area contributed by atoms with Gasteiger partial charge < -0.3 is 29.2 Å². The Balaban J connectivity index is 1.82. The van der Waals surface area contributed by atoms with E-state index in [0.29, 0.717) is 29.5 Å². The molecule has 0 aromatic heterocycles. The van der Waals surface area contributed by atoms with Gasteiger partial charge >= 0.3 is 0 Å². The van der Waals surface area contributed by atoms with Crippen molar-refractivity contribution in [2.75, 3.05) is 55.1 Å². The Bertz CT molecular complexity index is 1520. The van der Waals surface area contributed by atoms with Crippen molar-refractivity contribution in [1.82, 2.24) is 10.2 Å². The van der Waals surface area contributed by atoms with Crippen LogP contribution in [0, 0.1) is 5.92 Å². The van der Waals surface area contributed by atoms with E-state index in [1.165, 1.54) is 12.1 Å². The lowest BCUT2D eigenvalue weighted by Gasteiger charge is -2.39. The summed E-state index contributed by atoms with van der Waals surface area (Å²) in [5.41, 5.74) is 10.5. The molecule has 3 aromatic carbocycles. The number of hydrogen-bond acceptors (Lipinski definition) is 7. The van der Waals surface area contributed by atoms with E-state index in [4.69, 9.17) is 27.2 Å². The molecule has 0 aliphatic rings. The topological polar surface area (TPSA) is 118 Å². The van der Waals surface area contributed by atoms with Crippen molar-refractivity contribution in [3.8, 4) is 23.0 Å². The average molecular weight is 608 g/mol. The van der Waals surface area contributed by atoms with Crippen molar-refractivity contribution in [1.29, 1.82) is 0 Å². The van der Waals surface area contributed by atoms with Crippen LogP contribution >= 0.6 is 0 Å². The monoisotopic (exact) mass is 607 g/mol. The Morgan fingerprint density at radius 2 is 1.57 bits per heavy atom. The molecule has 0 radical (unpaired) electrons. The summed E-state index contributed by atoms with van der Waals surface area (Å²) < 4.78 is 38.2. The molecule has 1 amide bonds. The molecule has 0 spiro atoms. The highest BCUT2D eigenvalue weighted by Crippen LogP contribution is 2.41. The highest BCUT2D eigenvalue weighted by molar-refractivity contribution is 5.94. The average Bonchev–Trinajstić information content (AvgIpc) is 3.05. The highest BCUT2D eigenvalue weighted by atomic mass is 16.5. The zero-order valence-electron chi connectivity index (χ0n) is 28.8.